The first-order valence-electron chi connectivity index (χ1n) is 6.22. The first kappa shape index (κ1) is 10.7. The van der Waals surface area contributed by atoms with E-state index in [0.29, 0.717) is 0 Å². The second-order valence-corrected chi connectivity index (χ2v) is 5.20. The highest BCUT2D eigenvalue weighted by Crippen LogP contribution is 2.51. The smallest absolute Gasteiger partial charge is 0.0704 e. The molecule has 1 aliphatic rings. The van der Waals surface area contributed by atoms with Gasteiger partial charge in [0.2, 0.25) is 0 Å². The van der Waals surface area contributed by atoms with Crippen LogP contribution in [0.25, 0.3) is 10.9 Å². The Labute approximate surface area is 101 Å². The molecule has 2 heteroatoms. The van der Waals surface area contributed by atoms with Crippen LogP contribution >= 0.6 is 0 Å². The van der Waals surface area contributed by atoms with Crippen LogP contribution in [0.1, 0.15) is 25.3 Å². The van der Waals surface area contributed by atoms with Gasteiger partial charge in [-0.2, -0.15) is 0 Å². The molecule has 1 atom stereocenters. The van der Waals surface area contributed by atoms with Gasteiger partial charge >= 0.3 is 0 Å². The maximum absolute atomic E-state index is 9.86. The highest BCUT2D eigenvalue weighted by molar-refractivity contribution is 5.81. The number of para-hydroxylation sites is 1. The molecule has 3 rings (SSSR count). The second kappa shape index (κ2) is 3.81. The Morgan fingerprint density at radius 3 is 2.76 bits per heavy atom. The van der Waals surface area contributed by atoms with Crippen molar-refractivity contribution in [2.75, 3.05) is 0 Å². The zero-order valence-electron chi connectivity index (χ0n) is 10.1. The molecule has 2 nitrogen and oxygen atoms in total. The molecule has 0 bridgehead atoms. The maximum Gasteiger partial charge on any atom is 0.0704 e. The third-order valence-electron chi connectivity index (χ3n) is 4.06. The maximum atomic E-state index is 9.86. The minimum atomic E-state index is -0.213. The Kier molecular flexibility index (Phi) is 2.40. The molecule has 88 valence electrons. The van der Waals surface area contributed by atoms with Crippen LogP contribution in [0, 0.1) is 5.41 Å². The largest absolute Gasteiger partial charge is 0.393 e. The van der Waals surface area contributed by atoms with Crippen molar-refractivity contribution >= 4 is 10.9 Å². The number of pyridine rings is 1. The summed E-state index contributed by atoms with van der Waals surface area (Å²) in [6.45, 7) is 1.91. The molecule has 1 fully saturated rings. The zero-order chi connectivity index (χ0) is 11.9. The minimum absolute atomic E-state index is 0.129. The fourth-order valence-corrected chi connectivity index (χ4v) is 2.59. The molecule has 17 heavy (non-hydrogen) atoms. The number of rotatable bonds is 3. The number of hydrogen-bond donors (Lipinski definition) is 1. The van der Waals surface area contributed by atoms with Gasteiger partial charge in [-0.25, -0.2) is 0 Å². The van der Waals surface area contributed by atoms with Crippen LogP contribution in [0.15, 0.2) is 36.5 Å². The van der Waals surface area contributed by atoms with E-state index in [1.54, 1.807) is 0 Å². The lowest BCUT2D eigenvalue weighted by atomic mass is 9.90. The number of fused-ring (bicyclic) bond motifs is 1. The molecule has 1 aromatic heterocycles. The van der Waals surface area contributed by atoms with Crippen molar-refractivity contribution < 1.29 is 5.11 Å². The van der Waals surface area contributed by atoms with Crippen molar-refractivity contribution in [1.82, 2.24) is 4.98 Å². The topological polar surface area (TPSA) is 33.1 Å². The summed E-state index contributed by atoms with van der Waals surface area (Å²) in [4.78, 5) is 4.37. The van der Waals surface area contributed by atoms with Crippen molar-refractivity contribution in [3.05, 3.63) is 42.1 Å². The predicted molar refractivity (Wildman–Crippen MR) is 68.8 cm³/mol. The average Bonchev–Trinajstić information content (AvgIpc) is 3.11. The van der Waals surface area contributed by atoms with E-state index in [4.69, 9.17) is 0 Å². The van der Waals surface area contributed by atoms with E-state index in [2.05, 4.69) is 23.2 Å². The van der Waals surface area contributed by atoms with Gasteiger partial charge in [0.05, 0.1) is 11.6 Å². The number of nitrogens with zero attached hydrogens (tertiary/aromatic N) is 1. The van der Waals surface area contributed by atoms with Gasteiger partial charge in [-0.15, -0.1) is 0 Å². The van der Waals surface area contributed by atoms with E-state index >= 15 is 0 Å². The number of hydrogen-bond acceptors (Lipinski definition) is 2. The van der Waals surface area contributed by atoms with Gasteiger partial charge in [-0.05, 0) is 43.9 Å². The molecule has 0 radical (unpaired) electrons. The third-order valence-corrected chi connectivity index (χ3v) is 4.06. The highest BCUT2D eigenvalue weighted by Gasteiger charge is 2.46. The Morgan fingerprint density at radius 1 is 1.29 bits per heavy atom. The molecule has 1 N–H and O–H groups in total. The second-order valence-electron chi connectivity index (χ2n) is 5.20. The quantitative estimate of drug-likeness (QED) is 0.874. The van der Waals surface area contributed by atoms with Gasteiger partial charge in [0.15, 0.2) is 0 Å². The summed E-state index contributed by atoms with van der Waals surface area (Å²) in [6, 6.07) is 10.3. The average molecular weight is 227 g/mol. The molecule has 0 amide bonds. The number of aliphatic hydroxyl groups is 1. The summed E-state index contributed by atoms with van der Waals surface area (Å²) in [7, 11) is 0. The van der Waals surface area contributed by atoms with Crippen LogP contribution in [0.4, 0.5) is 0 Å². The summed E-state index contributed by atoms with van der Waals surface area (Å²) in [5.41, 5.74) is 2.49. The van der Waals surface area contributed by atoms with E-state index < -0.39 is 0 Å². The molecule has 0 saturated heterocycles. The van der Waals surface area contributed by atoms with E-state index in [1.165, 1.54) is 10.9 Å². The van der Waals surface area contributed by atoms with Gasteiger partial charge < -0.3 is 5.11 Å². The van der Waals surface area contributed by atoms with Crippen LogP contribution < -0.4 is 0 Å². The van der Waals surface area contributed by atoms with E-state index in [0.717, 1.165) is 24.8 Å². The van der Waals surface area contributed by atoms with Gasteiger partial charge in [0, 0.05) is 17.0 Å². The number of benzene rings is 1. The molecule has 1 saturated carbocycles. The standard InChI is InChI=1S/C15H17NO/c1-11(17)15(7-8-15)10-12-6-9-16-14-5-3-2-4-13(12)14/h2-6,9,11,17H,7-8,10H2,1H3. The van der Waals surface area contributed by atoms with Crippen LogP contribution in [0.5, 0.6) is 0 Å². The van der Waals surface area contributed by atoms with Crippen LogP contribution in [-0.4, -0.2) is 16.2 Å². The molecule has 0 spiro atoms. The molecule has 1 aliphatic carbocycles. The van der Waals surface area contributed by atoms with Gasteiger partial charge in [0.25, 0.3) is 0 Å². The minimum Gasteiger partial charge on any atom is -0.393 e. The fraction of sp³-hybridized carbons (Fsp3) is 0.400. The molecular weight excluding hydrogens is 210 g/mol. The third kappa shape index (κ3) is 1.83. The predicted octanol–water partition coefficient (Wildman–Crippen LogP) is 2.94. The van der Waals surface area contributed by atoms with Gasteiger partial charge in [-0.3, -0.25) is 4.98 Å². The first-order chi connectivity index (χ1) is 8.21. The van der Waals surface area contributed by atoms with E-state index in [1.807, 2.05) is 25.3 Å². The van der Waals surface area contributed by atoms with Crippen molar-refractivity contribution in [2.24, 2.45) is 5.41 Å². The number of aromatic nitrogens is 1. The SMILES string of the molecule is CC(O)C1(Cc2ccnc3ccccc23)CC1. The Morgan fingerprint density at radius 2 is 2.06 bits per heavy atom. The fourth-order valence-electron chi connectivity index (χ4n) is 2.59. The van der Waals surface area contributed by atoms with Crippen LogP contribution in [-0.2, 0) is 6.42 Å². The molecule has 1 heterocycles. The highest BCUT2D eigenvalue weighted by atomic mass is 16.3. The van der Waals surface area contributed by atoms with Crippen molar-refractivity contribution in [3.63, 3.8) is 0 Å². The van der Waals surface area contributed by atoms with Crippen LogP contribution in [0.3, 0.4) is 0 Å². The molecular formula is C15H17NO. The molecule has 1 aromatic carbocycles. The monoisotopic (exact) mass is 227 g/mol. The zero-order valence-corrected chi connectivity index (χ0v) is 10.1. The first-order valence-corrected chi connectivity index (χ1v) is 6.22. The summed E-state index contributed by atoms with van der Waals surface area (Å²) >= 11 is 0. The lowest BCUT2D eigenvalue weighted by Crippen LogP contribution is -2.20. The Balaban J connectivity index is 2.01. The van der Waals surface area contributed by atoms with Gasteiger partial charge in [-0.1, -0.05) is 18.2 Å². The lowest BCUT2D eigenvalue weighted by molar-refractivity contribution is 0.110. The summed E-state index contributed by atoms with van der Waals surface area (Å²) in [6.07, 6.45) is 4.90. The molecule has 0 aliphatic heterocycles. The summed E-state index contributed by atoms with van der Waals surface area (Å²) in [5, 5.41) is 11.1. The van der Waals surface area contributed by atoms with Crippen molar-refractivity contribution in [3.8, 4) is 0 Å². The molecule has 1 unspecified atom stereocenters. The van der Waals surface area contributed by atoms with E-state index in [9.17, 15) is 5.11 Å². The summed E-state index contributed by atoms with van der Waals surface area (Å²) in [5.74, 6) is 0. The van der Waals surface area contributed by atoms with Crippen LogP contribution in [0.2, 0.25) is 0 Å². The lowest BCUT2D eigenvalue weighted by Gasteiger charge is -2.19. The van der Waals surface area contributed by atoms with Crippen molar-refractivity contribution in [2.45, 2.75) is 32.3 Å². The van der Waals surface area contributed by atoms with E-state index in [-0.39, 0.29) is 11.5 Å². The molecule has 2 aromatic rings. The summed E-state index contributed by atoms with van der Waals surface area (Å²) < 4.78 is 0. The number of aliphatic hydroxyl groups excluding tert-OH is 1. The Hall–Kier alpha value is -1.41. The van der Waals surface area contributed by atoms with Gasteiger partial charge in [0.1, 0.15) is 0 Å². The van der Waals surface area contributed by atoms with Crippen molar-refractivity contribution in [1.29, 1.82) is 0 Å². The Bertz CT molecular complexity index is 538. The normalized spacial score (nSPS) is 19.2.